The summed E-state index contributed by atoms with van der Waals surface area (Å²) in [6.45, 7) is 8.71. The molecule has 2 aromatic rings. The Morgan fingerprint density at radius 1 is 1.07 bits per heavy atom. The molecular formula is C25H29FN2S. The molecule has 2 N–H and O–H groups in total. The number of hydrogen-bond acceptors (Lipinski definition) is 3. The molecule has 0 saturated heterocycles. The number of aliphatic imine (C=N–C) groups is 1. The van der Waals surface area contributed by atoms with Crippen molar-refractivity contribution < 1.29 is 3.89 Å². The van der Waals surface area contributed by atoms with Gasteiger partial charge in [0, 0.05) is 11.9 Å². The Hall–Kier alpha value is -2.59. The largest absolute Gasteiger partial charge is 0.404 e. The maximum atomic E-state index is 13.2. The average Bonchev–Trinajstić information content (AvgIpc) is 2.73. The van der Waals surface area contributed by atoms with Crippen LogP contribution in [-0.4, -0.2) is 5.71 Å². The van der Waals surface area contributed by atoms with Crippen LogP contribution in [0.25, 0.3) is 5.57 Å². The van der Waals surface area contributed by atoms with Gasteiger partial charge in [-0.25, -0.2) is 0 Å². The molecule has 0 fully saturated rings. The fraction of sp³-hybridized carbons (Fsp3) is 0.240. The summed E-state index contributed by atoms with van der Waals surface area (Å²) in [5, 5.41) is 0. The van der Waals surface area contributed by atoms with Gasteiger partial charge in [0.1, 0.15) is 0 Å². The SMILES string of the molecule is CCc1cccc(CN=C(C)\C=C(/C=C(C)/C(=C\N)SF)c2ccccc2C)c1. The molecule has 0 aromatic heterocycles. The molecule has 0 bridgehead atoms. The predicted octanol–water partition coefficient (Wildman–Crippen LogP) is 6.97. The number of halogens is 1. The maximum Gasteiger partial charge on any atom is 0.0830 e. The van der Waals surface area contributed by atoms with E-state index in [2.05, 4.69) is 50.2 Å². The highest BCUT2D eigenvalue weighted by Gasteiger charge is 2.07. The highest BCUT2D eigenvalue weighted by atomic mass is 32.2. The Balaban J connectivity index is 2.40. The Morgan fingerprint density at radius 3 is 2.45 bits per heavy atom. The molecule has 2 rings (SSSR count). The number of benzene rings is 2. The van der Waals surface area contributed by atoms with Crippen LogP contribution in [0.4, 0.5) is 3.89 Å². The Bertz CT molecular complexity index is 955. The second-order valence-corrected chi connectivity index (χ2v) is 7.58. The summed E-state index contributed by atoms with van der Waals surface area (Å²) in [5.41, 5.74) is 13.0. The number of hydrogen-bond donors (Lipinski definition) is 1. The van der Waals surface area contributed by atoms with Crippen LogP contribution in [-0.2, 0) is 13.0 Å². The summed E-state index contributed by atoms with van der Waals surface area (Å²) >= 11 is 0.160. The zero-order valence-electron chi connectivity index (χ0n) is 17.6. The van der Waals surface area contributed by atoms with E-state index in [-0.39, 0.29) is 12.1 Å². The number of nitrogens with two attached hydrogens (primary N) is 1. The topological polar surface area (TPSA) is 38.4 Å². The van der Waals surface area contributed by atoms with Gasteiger partial charge in [0.25, 0.3) is 0 Å². The van der Waals surface area contributed by atoms with E-state index in [0.29, 0.717) is 11.4 Å². The lowest BCUT2D eigenvalue weighted by Gasteiger charge is -2.10. The van der Waals surface area contributed by atoms with Crippen molar-refractivity contribution in [3.8, 4) is 0 Å². The van der Waals surface area contributed by atoms with E-state index < -0.39 is 0 Å². The molecule has 152 valence electrons. The predicted molar refractivity (Wildman–Crippen MR) is 127 cm³/mol. The van der Waals surface area contributed by atoms with Crippen LogP contribution in [0, 0.1) is 6.92 Å². The van der Waals surface area contributed by atoms with Crippen molar-refractivity contribution in [2.45, 2.75) is 40.7 Å². The van der Waals surface area contributed by atoms with Crippen molar-refractivity contribution in [2.24, 2.45) is 10.7 Å². The molecular weight excluding hydrogens is 379 g/mol. The third-order valence-electron chi connectivity index (χ3n) is 4.73. The lowest BCUT2D eigenvalue weighted by molar-refractivity contribution is 0.943. The van der Waals surface area contributed by atoms with E-state index in [1.165, 1.54) is 17.3 Å². The molecule has 2 nitrogen and oxygen atoms in total. The highest BCUT2D eigenvalue weighted by Crippen LogP contribution is 2.28. The molecule has 0 aliphatic rings. The average molecular weight is 409 g/mol. The first-order chi connectivity index (χ1) is 14.0. The Kier molecular flexibility index (Phi) is 8.94. The first-order valence-electron chi connectivity index (χ1n) is 9.74. The van der Waals surface area contributed by atoms with Gasteiger partial charge in [0.05, 0.1) is 23.6 Å². The van der Waals surface area contributed by atoms with E-state index in [1.807, 2.05) is 38.1 Å². The van der Waals surface area contributed by atoms with E-state index in [9.17, 15) is 3.89 Å². The van der Waals surface area contributed by atoms with Crippen LogP contribution < -0.4 is 5.73 Å². The molecule has 0 heterocycles. The van der Waals surface area contributed by atoms with Crippen molar-refractivity contribution in [3.05, 3.63) is 99.6 Å². The van der Waals surface area contributed by atoms with Crippen LogP contribution in [0.15, 0.2) is 82.4 Å². The Morgan fingerprint density at radius 2 is 1.79 bits per heavy atom. The van der Waals surface area contributed by atoms with E-state index >= 15 is 0 Å². The van der Waals surface area contributed by atoms with E-state index in [4.69, 9.17) is 10.7 Å². The molecule has 2 aromatic carbocycles. The fourth-order valence-electron chi connectivity index (χ4n) is 3.05. The number of nitrogens with zero attached hydrogens (tertiary/aromatic N) is 1. The van der Waals surface area contributed by atoms with Gasteiger partial charge >= 0.3 is 0 Å². The summed E-state index contributed by atoms with van der Waals surface area (Å²) < 4.78 is 13.2. The van der Waals surface area contributed by atoms with Crippen LogP contribution in [0.1, 0.15) is 43.0 Å². The summed E-state index contributed by atoms with van der Waals surface area (Å²) in [4.78, 5) is 5.16. The van der Waals surface area contributed by atoms with Gasteiger partial charge in [0.2, 0.25) is 0 Å². The first-order valence-corrected chi connectivity index (χ1v) is 10.5. The summed E-state index contributed by atoms with van der Waals surface area (Å²) in [6, 6.07) is 16.7. The van der Waals surface area contributed by atoms with Crippen LogP contribution in [0.2, 0.25) is 0 Å². The van der Waals surface area contributed by atoms with Gasteiger partial charge in [-0.05, 0) is 66.7 Å². The van der Waals surface area contributed by atoms with Gasteiger partial charge in [-0.2, -0.15) is 3.89 Å². The lowest BCUT2D eigenvalue weighted by atomic mass is 9.97. The Labute approximate surface area is 178 Å². The fourth-order valence-corrected chi connectivity index (χ4v) is 3.28. The molecule has 0 aliphatic carbocycles. The minimum Gasteiger partial charge on any atom is -0.404 e. The van der Waals surface area contributed by atoms with Gasteiger partial charge in [-0.1, -0.05) is 61.5 Å². The number of aryl methyl sites for hydroxylation is 2. The molecule has 29 heavy (non-hydrogen) atoms. The van der Waals surface area contributed by atoms with Crippen LogP contribution in [0.5, 0.6) is 0 Å². The monoisotopic (exact) mass is 408 g/mol. The zero-order valence-corrected chi connectivity index (χ0v) is 18.4. The van der Waals surface area contributed by atoms with Crippen molar-refractivity contribution >= 4 is 23.4 Å². The quantitative estimate of drug-likeness (QED) is 0.378. The van der Waals surface area contributed by atoms with Crippen LogP contribution >= 0.6 is 12.1 Å². The minimum absolute atomic E-state index is 0.160. The third-order valence-corrected chi connectivity index (χ3v) is 5.35. The van der Waals surface area contributed by atoms with Crippen molar-refractivity contribution in [3.63, 3.8) is 0 Å². The molecule has 0 spiro atoms. The molecule has 0 amide bonds. The molecule has 0 radical (unpaired) electrons. The van der Waals surface area contributed by atoms with Gasteiger partial charge in [0.15, 0.2) is 0 Å². The van der Waals surface area contributed by atoms with Crippen molar-refractivity contribution in [1.82, 2.24) is 0 Å². The van der Waals surface area contributed by atoms with Gasteiger partial charge < -0.3 is 5.73 Å². The standard InChI is InChI=1S/C25H29FN2S/c1-5-21-10-8-11-22(15-21)17-28-20(4)14-23(13-19(3)25(16-27)29-26)24-12-7-6-9-18(24)2/h6-16H,5,17,27H2,1-4H3/b19-13+,23-14+,25-16+,28-20?. The van der Waals surface area contributed by atoms with Gasteiger partial charge in [-0.15, -0.1) is 0 Å². The second kappa shape index (κ2) is 11.4. The zero-order chi connectivity index (χ0) is 21.2. The smallest absolute Gasteiger partial charge is 0.0830 e. The maximum absolute atomic E-state index is 13.2. The second-order valence-electron chi connectivity index (χ2n) is 6.98. The summed E-state index contributed by atoms with van der Waals surface area (Å²) in [7, 11) is 0. The molecule has 0 aliphatic heterocycles. The lowest BCUT2D eigenvalue weighted by Crippen LogP contribution is -1.95. The molecule has 0 saturated carbocycles. The molecule has 0 atom stereocenters. The summed E-state index contributed by atoms with van der Waals surface area (Å²) in [6.07, 6.45) is 6.33. The van der Waals surface area contributed by atoms with Crippen molar-refractivity contribution in [2.75, 3.05) is 0 Å². The summed E-state index contributed by atoms with van der Waals surface area (Å²) in [5.74, 6) is 0. The minimum atomic E-state index is 0.160. The van der Waals surface area contributed by atoms with Gasteiger partial charge in [-0.3, -0.25) is 4.99 Å². The molecule has 4 heteroatoms. The number of rotatable bonds is 8. The molecule has 0 unspecified atom stereocenters. The third kappa shape index (κ3) is 6.75. The normalized spacial score (nSPS) is 13.7. The van der Waals surface area contributed by atoms with E-state index in [0.717, 1.165) is 34.4 Å². The van der Waals surface area contributed by atoms with Crippen molar-refractivity contribution in [1.29, 1.82) is 0 Å². The number of allylic oxidation sites excluding steroid dienone is 4. The van der Waals surface area contributed by atoms with Crippen LogP contribution in [0.3, 0.4) is 0 Å². The van der Waals surface area contributed by atoms with E-state index in [1.54, 1.807) is 0 Å². The first kappa shape index (κ1) is 22.7. The highest BCUT2D eigenvalue weighted by molar-refractivity contribution is 7.98.